The molecule has 1 heterocycles. The van der Waals surface area contributed by atoms with Gasteiger partial charge in [-0.15, -0.1) is 11.3 Å². The van der Waals surface area contributed by atoms with Crippen LogP contribution in [0.2, 0.25) is 10.0 Å². The van der Waals surface area contributed by atoms with Crippen LogP contribution in [-0.4, -0.2) is 42.8 Å². The summed E-state index contributed by atoms with van der Waals surface area (Å²) in [6, 6.07) is 8.23. The van der Waals surface area contributed by atoms with Gasteiger partial charge in [-0.3, -0.25) is 14.4 Å². The van der Waals surface area contributed by atoms with Crippen LogP contribution >= 0.6 is 34.5 Å². The minimum atomic E-state index is -0.389. The van der Waals surface area contributed by atoms with E-state index in [4.69, 9.17) is 23.2 Å². The van der Waals surface area contributed by atoms with Gasteiger partial charge in [-0.1, -0.05) is 23.2 Å². The number of thiophene rings is 1. The normalized spacial score (nSPS) is 10.3. The molecule has 0 saturated heterocycles. The third-order valence-corrected chi connectivity index (χ3v) is 5.11. The number of halogens is 2. The lowest BCUT2D eigenvalue weighted by molar-refractivity contribution is -0.132. The molecule has 0 spiro atoms. The molecule has 1 aromatic heterocycles. The summed E-state index contributed by atoms with van der Waals surface area (Å²) in [5.74, 6) is -1.08. The van der Waals surface area contributed by atoms with Gasteiger partial charge >= 0.3 is 0 Å². The Balaban J connectivity index is 1.81. The largest absolute Gasteiger partial charge is 0.342 e. The van der Waals surface area contributed by atoms with Gasteiger partial charge in [0.15, 0.2) is 0 Å². The molecule has 2 aromatic rings. The molecule has 138 valence electrons. The number of benzene rings is 1. The quantitative estimate of drug-likeness (QED) is 0.762. The molecule has 0 bridgehead atoms. The number of anilines is 1. The van der Waals surface area contributed by atoms with Crippen molar-refractivity contribution >= 4 is 57.9 Å². The molecule has 26 heavy (non-hydrogen) atoms. The van der Waals surface area contributed by atoms with Crippen molar-refractivity contribution in [2.24, 2.45) is 0 Å². The van der Waals surface area contributed by atoms with Crippen molar-refractivity contribution in [3.8, 4) is 0 Å². The lowest BCUT2D eigenvalue weighted by Crippen LogP contribution is -2.41. The van der Waals surface area contributed by atoms with E-state index in [1.54, 1.807) is 18.2 Å². The number of carbonyl (C=O) groups excluding carboxylic acids is 3. The first-order valence-electron chi connectivity index (χ1n) is 7.60. The standard InChI is InChI=1S/C17H17Cl2N3O3S/c1-10-3-6-14(26-10)17(25)20-8-16(24)22(2)9-15(23)21-11-4-5-12(18)13(19)7-11/h3-7H,8-9H2,1-2H3,(H,20,25)(H,21,23). The maximum atomic E-state index is 12.1. The van der Waals surface area contributed by atoms with Gasteiger partial charge in [0.05, 0.1) is 28.0 Å². The number of nitrogens with zero attached hydrogens (tertiary/aromatic N) is 1. The van der Waals surface area contributed by atoms with Crippen molar-refractivity contribution < 1.29 is 14.4 Å². The van der Waals surface area contributed by atoms with Crippen molar-refractivity contribution in [2.75, 3.05) is 25.5 Å². The molecule has 9 heteroatoms. The Labute approximate surface area is 165 Å². The van der Waals surface area contributed by atoms with E-state index in [1.165, 1.54) is 29.4 Å². The molecule has 3 amide bonds. The molecule has 2 N–H and O–H groups in total. The van der Waals surface area contributed by atoms with Crippen LogP contribution in [0, 0.1) is 6.92 Å². The van der Waals surface area contributed by atoms with Crippen molar-refractivity contribution in [3.05, 3.63) is 50.1 Å². The maximum absolute atomic E-state index is 12.1. The molecule has 0 aliphatic carbocycles. The zero-order chi connectivity index (χ0) is 19.3. The van der Waals surface area contributed by atoms with Crippen LogP contribution in [0.3, 0.4) is 0 Å². The van der Waals surface area contributed by atoms with Crippen LogP contribution in [0.1, 0.15) is 14.5 Å². The van der Waals surface area contributed by atoms with Crippen molar-refractivity contribution in [2.45, 2.75) is 6.92 Å². The van der Waals surface area contributed by atoms with Gasteiger partial charge in [-0.25, -0.2) is 0 Å². The molecule has 0 fully saturated rings. The lowest BCUT2D eigenvalue weighted by atomic mass is 10.3. The summed E-state index contributed by atoms with van der Waals surface area (Å²) in [5, 5.41) is 5.88. The molecular formula is C17H17Cl2N3O3S. The summed E-state index contributed by atoms with van der Waals surface area (Å²) in [6.07, 6.45) is 0. The average Bonchev–Trinajstić information content (AvgIpc) is 3.02. The Bertz CT molecular complexity index is 838. The highest BCUT2D eigenvalue weighted by Gasteiger charge is 2.15. The first-order chi connectivity index (χ1) is 12.3. The summed E-state index contributed by atoms with van der Waals surface area (Å²) in [7, 11) is 1.48. The number of hydrogen-bond donors (Lipinski definition) is 2. The van der Waals surface area contributed by atoms with Crippen LogP contribution in [0.25, 0.3) is 0 Å². The van der Waals surface area contributed by atoms with E-state index < -0.39 is 0 Å². The number of aryl methyl sites for hydroxylation is 1. The summed E-state index contributed by atoms with van der Waals surface area (Å²) in [4.78, 5) is 38.8. The van der Waals surface area contributed by atoms with E-state index in [1.807, 2.05) is 13.0 Å². The molecule has 0 radical (unpaired) electrons. The molecule has 1 aromatic carbocycles. The van der Waals surface area contributed by atoms with Gasteiger partial charge in [0.25, 0.3) is 5.91 Å². The molecule has 0 aliphatic heterocycles. The second-order valence-corrected chi connectivity index (χ2v) is 7.62. The fourth-order valence-electron chi connectivity index (χ4n) is 2.01. The molecule has 6 nitrogen and oxygen atoms in total. The van der Waals surface area contributed by atoms with Gasteiger partial charge in [-0.2, -0.15) is 0 Å². The van der Waals surface area contributed by atoms with Crippen molar-refractivity contribution in [1.29, 1.82) is 0 Å². The number of hydrogen-bond acceptors (Lipinski definition) is 4. The third kappa shape index (κ3) is 5.72. The Hall–Kier alpha value is -2.09. The van der Waals surface area contributed by atoms with Crippen molar-refractivity contribution in [1.82, 2.24) is 10.2 Å². The minimum Gasteiger partial charge on any atom is -0.342 e. The fraction of sp³-hybridized carbons (Fsp3) is 0.235. The monoisotopic (exact) mass is 413 g/mol. The van der Waals surface area contributed by atoms with Gasteiger partial charge < -0.3 is 15.5 Å². The van der Waals surface area contributed by atoms with E-state index in [-0.39, 0.29) is 30.8 Å². The predicted molar refractivity (Wildman–Crippen MR) is 104 cm³/mol. The van der Waals surface area contributed by atoms with E-state index in [9.17, 15) is 14.4 Å². The highest BCUT2D eigenvalue weighted by atomic mass is 35.5. The number of amides is 3. The van der Waals surface area contributed by atoms with Crippen LogP contribution in [0.5, 0.6) is 0 Å². The molecule has 0 saturated carbocycles. The molecular weight excluding hydrogens is 397 g/mol. The average molecular weight is 414 g/mol. The Morgan fingerprint density at radius 2 is 1.85 bits per heavy atom. The highest BCUT2D eigenvalue weighted by molar-refractivity contribution is 7.13. The van der Waals surface area contributed by atoms with Crippen LogP contribution < -0.4 is 10.6 Å². The first kappa shape index (κ1) is 20.2. The molecule has 0 atom stereocenters. The number of nitrogens with one attached hydrogen (secondary N) is 2. The second kappa shape index (κ2) is 9.02. The predicted octanol–water partition coefficient (Wildman–Crippen LogP) is 3.19. The molecule has 0 aliphatic rings. The number of rotatable bonds is 6. The smallest absolute Gasteiger partial charge is 0.261 e. The highest BCUT2D eigenvalue weighted by Crippen LogP contribution is 2.24. The van der Waals surface area contributed by atoms with Crippen LogP contribution in [-0.2, 0) is 9.59 Å². The lowest BCUT2D eigenvalue weighted by Gasteiger charge is -2.17. The van der Waals surface area contributed by atoms with Gasteiger partial charge in [-0.05, 0) is 37.3 Å². The Kier molecular flexibility index (Phi) is 7.02. The topological polar surface area (TPSA) is 78.5 Å². The second-order valence-electron chi connectivity index (χ2n) is 5.52. The summed E-state index contributed by atoms with van der Waals surface area (Å²) >= 11 is 13.1. The van der Waals surface area contributed by atoms with Crippen LogP contribution in [0.15, 0.2) is 30.3 Å². The van der Waals surface area contributed by atoms with Gasteiger partial charge in [0.2, 0.25) is 11.8 Å². The maximum Gasteiger partial charge on any atom is 0.261 e. The van der Waals surface area contributed by atoms with Gasteiger partial charge in [0, 0.05) is 17.6 Å². The van der Waals surface area contributed by atoms with Crippen LogP contribution in [0.4, 0.5) is 5.69 Å². The summed E-state index contributed by atoms with van der Waals surface area (Å²) < 4.78 is 0. The fourth-order valence-corrected chi connectivity index (χ4v) is 3.09. The van der Waals surface area contributed by atoms with E-state index in [0.717, 1.165) is 4.88 Å². The van der Waals surface area contributed by atoms with E-state index in [2.05, 4.69) is 10.6 Å². The summed E-state index contributed by atoms with van der Waals surface area (Å²) in [6.45, 7) is 1.55. The van der Waals surface area contributed by atoms with E-state index in [0.29, 0.717) is 20.6 Å². The Morgan fingerprint density at radius 3 is 2.46 bits per heavy atom. The van der Waals surface area contributed by atoms with Gasteiger partial charge in [0.1, 0.15) is 0 Å². The third-order valence-electron chi connectivity index (χ3n) is 3.37. The SMILES string of the molecule is Cc1ccc(C(=O)NCC(=O)N(C)CC(=O)Nc2ccc(Cl)c(Cl)c2)s1. The number of likely N-dealkylation sites (N-methyl/N-ethyl adjacent to an activating group) is 1. The Morgan fingerprint density at radius 1 is 1.12 bits per heavy atom. The zero-order valence-electron chi connectivity index (χ0n) is 14.1. The minimum absolute atomic E-state index is 0.160. The first-order valence-corrected chi connectivity index (χ1v) is 9.17. The molecule has 0 unspecified atom stereocenters. The summed E-state index contributed by atoms with van der Waals surface area (Å²) in [5.41, 5.74) is 0.478. The zero-order valence-corrected chi connectivity index (χ0v) is 16.5. The van der Waals surface area contributed by atoms with E-state index >= 15 is 0 Å². The molecule has 2 rings (SSSR count). The number of carbonyl (C=O) groups is 3. The van der Waals surface area contributed by atoms with Crippen molar-refractivity contribution in [3.63, 3.8) is 0 Å².